The van der Waals surface area contributed by atoms with Crippen LogP contribution < -0.4 is 0 Å². The number of alkyl halides is 2. The Hall–Kier alpha value is -1.57. The van der Waals surface area contributed by atoms with Gasteiger partial charge in [-0.05, 0) is 39.0 Å². The van der Waals surface area contributed by atoms with Crippen molar-refractivity contribution in [1.29, 1.82) is 0 Å². The Balaban J connectivity index is 2.21. The van der Waals surface area contributed by atoms with Crippen LogP contribution in [0.5, 0.6) is 0 Å². The lowest BCUT2D eigenvalue weighted by Crippen LogP contribution is -2.27. The topological polar surface area (TPSA) is 81.2 Å². The van der Waals surface area contributed by atoms with Crippen molar-refractivity contribution in [2.45, 2.75) is 63.8 Å². The van der Waals surface area contributed by atoms with Gasteiger partial charge in [0, 0.05) is 19.4 Å². The number of nitro groups is 1. The standard InChI is InChI=1S/C14H21F2N3O3/c1-10-13(19(21)22)12(4-2-3-9-20)17-18(10)11-5-7-14(15,16)8-6-11/h11,20H,2-9H2,1H3. The highest BCUT2D eigenvalue weighted by atomic mass is 19.3. The molecule has 1 aliphatic rings. The van der Waals surface area contributed by atoms with Gasteiger partial charge in [0.1, 0.15) is 11.4 Å². The molecule has 124 valence electrons. The third kappa shape index (κ3) is 3.60. The summed E-state index contributed by atoms with van der Waals surface area (Å²) in [6, 6.07) is -0.204. The Kier molecular flexibility index (Phi) is 5.10. The first-order valence-corrected chi connectivity index (χ1v) is 7.57. The predicted octanol–water partition coefficient (Wildman–Crippen LogP) is 3.17. The summed E-state index contributed by atoms with van der Waals surface area (Å²) in [5, 5.41) is 24.4. The van der Waals surface area contributed by atoms with Gasteiger partial charge in [-0.3, -0.25) is 14.8 Å². The van der Waals surface area contributed by atoms with Crippen molar-refractivity contribution in [3.63, 3.8) is 0 Å². The van der Waals surface area contributed by atoms with Crippen molar-refractivity contribution in [3.8, 4) is 0 Å². The van der Waals surface area contributed by atoms with Crippen LogP contribution in [0.15, 0.2) is 0 Å². The summed E-state index contributed by atoms with van der Waals surface area (Å²) in [6.45, 7) is 1.65. The third-order valence-corrected chi connectivity index (χ3v) is 4.22. The molecule has 1 aromatic heterocycles. The quantitative estimate of drug-likeness (QED) is 0.496. The maximum Gasteiger partial charge on any atom is 0.313 e. The molecular formula is C14H21F2N3O3. The van der Waals surface area contributed by atoms with E-state index in [0.29, 0.717) is 30.7 Å². The number of halogens is 2. The van der Waals surface area contributed by atoms with Crippen molar-refractivity contribution < 1.29 is 18.8 Å². The van der Waals surface area contributed by atoms with Gasteiger partial charge in [-0.1, -0.05) is 0 Å². The van der Waals surface area contributed by atoms with Crippen LogP contribution in [0.25, 0.3) is 0 Å². The monoisotopic (exact) mass is 317 g/mol. The van der Waals surface area contributed by atoms with Gasteiger partial charge in [-0.2, -0.15) is 5.10 Å². The molecule has 1 aromatic rings. The Morgan fingerprint density at radius 3 is 2.59 bits per heavy atom. The first-order chi connectivity index (χ1) is 10.4. The van der Waals surface area contributed by atoms with Gasteiger partial charge in [-0.15, -0.1) is 0 Å². The number of nitrogens with zero attached hydrogens (tertiary/aromatic N) is 3. The molecule has 6 nitrogen and oxygen atoms in total. The molecule has 1 aliphatic carbocycles. The highest BCUT2D eigenvalue weighted by molar-refractivity contribution is 5.41. The van der Waals surface area contributed by atoms with E-state index in [1.807, 2.05) is 0 Å². The number of aryl methyl sites for hydroxylation is 1. The minimum absolute atomic E-state index is 0.0183. The molecule has 1 saturated carbocycles. The van der Waals surface area contributed by atoms with E-state index in [4.69, 9.17) is 5.11 Å². The molecule has 0 atom stereocenters. The largest absolute Gasteiger partial charge is 0.396 e. The van der Waals surface area contributed by atoms with Crippen LogP contribution in [0, 0.1) is 17.0 Å². The van der Waals surface area contributed by atoms with E-state index >= 15 is 0 Å². The zero-order valence-corrected chi connectivity index (χ0v) is 12.6. The average Bonchev–Trinajstić information content (AvgIpc) is 2.76. The highest BCUT2D eigenvalue weighted by Gasteiger charge is 2.37. The van der Waals surface area contributed by atoms with Gasteiger partial charge in [-0.25, -0.2) is 8.78 Å². The molecule has 0 saturated heterocycles. The summed E-state index contributed by atoms with van der Waals surface area (Å²) in [4.78, 5) is 10.8. The summed E-state index contributed by atoms with van der Waals surface area (Å²) >= 11 is 0. The molecule has 0 unspecified atom stereocenters. The smallest absolute Gasteiger partial charge is 0.313 e. The van der Waals surface area contributed by atoms with Crippen LogP contribution in [0.2, 0.25) is 0 Å². The van der Waals surface area contributed by atoms with Gasteiger partial charge in [0.25, 0.3) is 0 Å². The molecule has 0 aliphatic heterocycles. The van der Waals surface area contributed by atoms with Crippen LogP contribution in [-0.4, -0.2) is 32.3 Å². The van der Waals surface area contributed by atoms with E-state index in [2.05, 4.69) is 5.10 Å². The minimum Gasteiger partial charge on any atom is -0.396 e. The molecule has 8 heteroatoms. The molecule has 0 bridgehead atoms. The molecule has 2 rings (SSSR count). The molecule has 1 N–H and O–H groups in total. The number of hydrogen-bond donors (Lipinski definition) is 1. The predicted molar refractivity (Wildman–Crippen MR) is 76.1 cm³/mol. The number of hydrogen-bond acceptors (Lipinski definition) is 4. The second-order valence-corrected chi connectivity index (χ2v) is 5.85. The molecule has 22 heavy (non-hydrogen) atoms. The molecule has 0 spiro atoms. The Morgan fingerprint density at radius 1 is 1.41 bits per heavy atom. The van der Waals surface area contributed by atoms with E-state index in [-0.39, 0.29) is 44.0 Å². The fourth-order valence-corrected chi connectivity index (χ4v) is 3.00. The van der Waals surface area contributed by atoms with Crippen LogP contribution in [0.3, 0.4) is 0 Å². The third-order valence-electron chi connectivity index (χ3n) is 4.22. The van der Waals surface area contributed by atoms with Crippen LogP contribution >= 0.6 is 0 Å². The lowest BCUT2D eigenvalue weighted by atomic mass is 9.92. The van der Waals surface area contributed by atoms with E-state index in [0.717, 1.165) is 0 Å². The van der Waals surface area contributed by atoms with Crippen molar-refractivity contribution in [1.82, 2.24) is 9.78 Å². The SMILES string of the molecule is Cc1c([N+](=O)[O-])c(CCCCO)nn1C1CCC(F)(F)CC1. The first-order valence-electron chi connectivity index (χ1n) is 7.57. The Labute approximate surface area is 127 Å². The fraction of sp³-hybridized carbons (Fsp3) is 0.786. The second-order valence-electron chi connectivity index (χ2n) is 5.85. The fourth-order valence-electron chi connectivity index (χ4n) is 3.00. The van der Waals surface area contributed by atoms with Gasteiger partial charge in [0.15, 0.2) is 0 Å². The number of aliphatic hydroxyl groups excluding tert-OH is 1. The molecule has 0 radical (unpaired) electrons. The minimum atomic E-state index is -2.63. The summed E-state index contributed by atoms with van der Waals surface area (Å²) in [5.74, 6) is -2.63. The van der Waals surface area contributed by atoms with Gasteiger partial charge in [0.2, 0.25) is 5.92 Å². The van der Waals surface area contributed by atoms with Crippen molar-refractivity contribution >= 4 is 5.69 Å². The lowest BCUT2D eigenvalue weighted by Gasteiger charge is -2.28. The lowest BCUT2D eigenvalue weighted by molar-refractivity contribution is -0.386. The van der Waals surface area contributed by atoms with Gasteiger partial charge < -0.3 is 5.11 Å². The molecule has 0 aromatic carbocycles. The van der Waals surface area contributed by atoms with E-state index < -0.39 is 10.8 Å². The first kappa shape index (κ1) is 16.8. The zero-order chi connectivity index (χ0) is 16.3. The Morgan fingerprint density at radius 2 is 2.05 bits per heavy atom. The maximum atomic E-state index is 13.3. The summed E-state index contributed by atoms with van der Waals surface area (Å²) < 4.78 is 28.1. The number of aromatic nitrogens is 2. The average molecular weight is 317 g/mol. The number of rotatable bonds is 6. The van der Waals surface area contributed by atoms with Crippen molar-refractivity contribution in [2.75, 3.05) is 6.61 Å². The van der Waals surface area contributed by atoms with Crippen LogP contribution in [0.4, 0.5) is 14.5 Å². The van der Waals surface area contributed by atoms with Gasteiger partial charge >= 0.3 is 5.69 Å². The van der Waals surface area contributed by atoms with E-state index in [1.54, 1.807) is 11.6 Å². The maximum absolute atomic E-state index is 13.3. The van der Waals surface area contributed by atoms with E-state index in [1.165, 1.54) is 0 Å². The zero-order valence-electron chi connectivity index (χ0n) is 12.6. The molecular weight excluding hydrogens is 296 g/mol. The molecule has 1 heterocycles. The van der Waals surface area contributed by atoms with E-state index in [9.17, 15) is 18.9 Å². The normalized spacial score (nSPS) is 18.5. The van der Waals surface area contributed by atoms with Crippen molar-refractivity contribution in [2.24, 2.45) is 0 Å². The summed E-state index contributed by atoms with van der Waals surface area (Å²) in [6.07, 6.45) is 1.73. The molecule has 1 fully saturated rings. The van der Waals surface area contributed by atoms with Crippen molar-refractivity contribution in [3.05, 3.63) is 21.5 Å². The summed E-state index contributed by atoms with van der Waals surface area (Å²) in [5.41, 5.74) is 0.794. The molecule has 0 amide bonds. The number of unbranched alkanes of at least 4 members (excludes halogenated alkanes) is 1. The van der Waals surface area contributed by atoms with Gasteiger partial charge in [0.05, 0.1) is 11.0 Å². The Bertz CT molecular complexity index is 536. The second kappa shape index (κ2) is 6.68. The highest BCUT2D eigenvalue weighted by Crippen LogP contribution is 2.40. The van der Waals surface area contributed by atoms with Crippen LogP contribution in [0.1, 0.15) is 56.0 Å². The summed E-state index contributed by atoms with van der Waals surface area (Å²) in [7, 11) is 0. The number of aliphatic hydroxyl groups is 1. The van der Waals surface area contributed by atoms with Crippen LogP contribution in [-0.2, 0) is 6.42 Å².